The first-order valence-corrected chi connectivity index (χ1v) is 9.64. The number of hydrogen-bond donors (Lipinski definition) is 2. The van der Waals surface area contributed by atoms with Crippen molar-refractivity contribution in [3.63, 3.8) is 0 Å². The Bertz CT molecular complexity index is 828. The van der Waals surface area contributed by atoms with Gasteiger partial charge in [-0.25, -0.2) is 8.42 Å². The van der Waals surface area contributed by atoms with E-state index in [9.17, 15) is 18.6 Å². The normalized spacial score (nSPS) is 22.3. The molecule has 7 heteroatoms. The van der Waals surface area contributed by atoms with Crippen molar-refractivity contribution in [1.29, 1.82) is 0 Å². The molecule has 0 aliphatic heterocycles. The first-order chi connectivity index (χ1) is 11.4. The van der Waals surface area contributed by atoms with Crippen molar-refractivity contribution in [2.24, 2.45) is 5.41 Å². The lowest BCUT2D eigenvalue weighted by molar-refractivity contribution is 0.130. The number of aliphatic hydroxyl groups is 2. The molecule has 24 heavy (non-hydrogen) atoms. The summed E-state index contributed by atoms with van der Waals surface area (Å²) in [6, 6.07) is 12.7. The van der Waals surface area contributed by atoms with E-state index in [1.165, 1.54) is 24.3 Å². The third-order valence-electron chi connectivity index (χ3n) is 4.67. The topological polar surface area (TPSA) is 74.6 Å². The highest BCUT2D eigenvalue weighted by Crippen LogP contribution is 2.63. The fourth-order valence-corrected chi connectivity index (χ4v) is 6.00. The smallest absolute Gasteiger partial charge is 0.182 e. The Labute approximate surface area is 150 Å². The molecule has 0 saturated heterocycles. The van der Waals surface area contributed by atoms with Crippen LogP contribution >= 0.6 is 23.2 Å². The largest absolute Gasteiger partial charge is 0.396 e. The summed E-state index contributed by atoms with van der Waals surface area (Å²) in [5.74, 6) is -0.495. The van der Waals surface area contributed by atoms with Gasteiger partial charge in [-0.15, -0.1) is 0 Å². The molecule has 2 aromatic rings. The SMILES string of the molecule is O=S(=O)(c1ccc(Cl)cc1)[C@H]1[C@H](c2ccc(Cl)cc2)C1(CO)CO. The van der Waals surface area contributed by atoms with Crippen LogP contribution < -0.4 is 0 Å². The zero-order valence-electron chi connectivity index (χ0n) is 12.6. The Morgan fingerprint density at radius 2 is 1.33 bits per heavy atom. The van der Waals surface area contributed by atoms with Crippen LogP contribution in [0.1, 0.15) is 11.5 Å². The standard InChI is InChI=1S/C17H16Cl2O4S/c18-12-3-1-11(2-4-12)15-16(17(15,9-20)10-21)24(22,23)14-7-5-13(19)6-8-14/h1-8,15-16,20-21H,9-10H2/t15-,16-/m0/s1. The summed E-state index contributed by atoms with van der Waals surface area (Å²) in [5.41, 5.74) is -0.378. The van der Waals surface area contributed by atoms with Crippen LogP contribution in [0.2, 0.25) is 10.0 Å². The van der Waals surface area contributed by atoms with Crippen molar-refractivity contribution >= 4 is 33.0 Å². The average molecular weight is 387 g/mol. The van der Waals surface area contributed by atoms with Gasteiger partial charge < -0.3 is 10.2 Å². The number of halogens is 2. The first-order valence-electron chi connectivity index (χ1n) is 7.33. The Morgan fingerprint density at radius 1 is 0.875 bits per heavy atom. The minimum atomic E-state index is -3.73. The molecule has 1 fully saturated rings. The highest BCUT2D eigenvalue weighted by atomic mass is 35.5. The maximum atomic E-state index is 13.0. The molecular weight excluding hydrogens is 371 g/mol. The number of sulfone groups is 1. The van der Waals surface area contributed by atoms with E-state index in [1.54, 1.807) is 24.3 Å². The Balaban J connectivity index is 2.04. The third-order valence-corrected chi connectivity index (χ3v) is 7.52. The molecule has 2 aromatic carbocycles. The van der Waals surface area contributed by atoms with Crippen molar-refractivity contribution in [2.45, 2.75) is 16.1 Å². The number of benzene rings is 2. The lowest BCUT2D eigenvalue weighted by Gasteiger charge is -2.11. The van der Waals surface area contributed by atoms with Crippen molar-refractivity contribution in [3.05, 3.63) is 64.1 Å². The van der Waals surface area contributed by atoms with Gasteiger partial charge in [0.25, 0.3) is 0 Å². The van der Waals surface area contributed by atoms with Gasteiger partial charge in [0.1, 0.15) is 0 Å². The molecule has 0 radical (unpaired) electrons. The van der Waals surface area contributed by atoms with Gasteiger partial charge in [-0.1, -0.05) is 35.3 Å². The summed E-state index contributed by atoms with van der Waals surface area (Å²) in [5, 5.41) is 19.7. The third kappa shape index (κ3) is 2.74. The van der Waals surface area contributed by atoms with Crippen LogP contribution in [0.15, 0.2) is 53.4 Å². The number of aliphatic hydroxyl groups excluding tert-OH is 2. The highest BCUT2D eigenvalue weighted by molar-refractivity contribution is 7.92. The van der Waals surface area contributed by atoms with E-state index in [0.717, 1.165) is 5.56 Å². The fraction of sp³-hybridized carbons (Fsp3) is 0.294. The van der Waals surface area contributed by atoms with E-state index in [2.05, 4.69) is 0 Å². The van der Waals surface area contributed by atoms with E-state index >= 15 is 0 Å². The van der Waals surface area contributed by atoms with Gasteiger partial charge in [0.05, 0.1) is 23.4 Å². The molecule has 4 nitrogen and oxygen atoms in total. The van der Waals surface area contributed by atoms with Gasteiger partial charge in [0.2, 0.25) is 0 Å². The summed E-state index contributed by atoms with van der Waals surface area (Å²) < 4.78 is 26.0. The molecule has 0 heterocycles. The van der Waals surface area contributed by atoms with Gasteiger partial charge in [-0.05, 0) is 42.0 Å². The van der Waals surface area contributed by atoms with Crippen LogP contribution in [0.4, 0.5) is 0 Å². The summed E-state index contributed by atoms with van der Waals surface area (Å²) in [6.45, 7) is -0.845. The number of rotatable bonds is 5. The van der Waals surface area contributed by atoms with E-state index in [0.29, 0.717) is 10.0 Å². The first kappa shape index (κ1) is 17.7. The Kier molecular flexibility index (Phi) is 4.66. The molecule has 0 spiro atoms. The quantitative estimate of drug-likeness (QED) is 0.828. The van der Waals surface area contributed by atoms with E-state index in [1.807, 2.05) is 0 Å². The van der Waals surface area contributed by atoms with Crippen LogP contribution in [0.5, 0.6) is 0 Å². The van der Waals surface area contributed by atoms with Crippen molar-refractivity contribution < 1.29 is 18.6 Å². The lowest BCUT2D eigenvalue weighted by Crippen LogP contribution is -2.23. The summed E-state index contributed by atoms with van der Waals surface area (Å²) in [6.07, 6.45) is 0. The predicted octanol–water partition coefficient (Wildman–Crippen LogP) is 2.90. The van der Waals surface area contributed by atoms with Crippen LogP contribution in [-0.2, 0) is 9.84 Å². The van der Waals surface area contributed by atoms with Gasteiger partial charge in [-0.2, -0.15) is 0 Å². The van der Waals surface area contributed by atoms with Crippen LogP contribution in [0, 0.1) is 5.41 Å². The second-order valence-corrected chi connectivity index (χ2v) is 8.94. The zero-order valence-corrected chi connectivity index (χ0v) is 14.9. The Hall–Kier alpha value is -1.11. The minimum absolute atomic E-state index is 0.125. The molecule has 1 saturated carbocycles. The maximum Gasteiger partial charge on any atom is 0.182 e. The molecule has 2 N–H and O–H groups in total. The molecule has 0 unspecified atom stereocenters. The van der Waals surface area contributed by atoms with Crippen LogP contribution in [0.3, 0.4) is 0 Å². The predicted molar refractivity (Wildman–Crippen MR) is 93.2 cm³/mol. The van der Waals surface area contributed by atoms with Gasteiger partial charge in [-0.3, -0.25) is 0 Å². The zero-order chi connectivity index (χ0) is 17.5. The van der Waals surface area contributed by atoms with Crippen LogP contribution in [0.25, 0.3) is 0 Å². The van der Waals surface area contributed by atoms with E-state index < -0.39 is 39.6 Å². The second kappa shape index (κ2) is 6.32. The second-order valence-electron chi connectivity index (χ2n) is 6.00. The van der Waals surface area contributed by atoms with E-state index in [-0.39, 0.29) is 4.90 Å². The van der Waals surface area contributed by atoms with Gasteiger partial charge >= 0.3 is 0 Å². The molecule has 1 aliphatic carbocycles. The molecule has 128 valence electrons. The number of hydrogen-bond acceptors (Lipinski definition) is 4. The molecule has 1 aliphatic rings. The van der Waals surface area contributed by atoms with Crippen molar-refractivity contribution in [3.8, 4) is 0 Å². The average Bonchev–Trinajstić information content (AvgIpc) is 3.26. The highest BCUT2D eigenvalue weighted by Gasteiger charge is 2.70. The summed E-state index contributed by atoms with van der Waals surface area (Å²) >= 11 is 11.7. The van der Waals surface area contributed by atoms with Crippen molar-refractivity contribution in [1.82, 2.24) is 0 Å². The minimum Gasteiger partial charge on any atom is -0.396 e. The monoisotopic (exact) mass is 386 g/mol. The lowest BCUT2D eigenvalue weighted by atomic mass is 10.0. The van der Waals surface area contributed by atoms with Gasteiger partial charge in [0, 0.05) is 21.4 Å². The fourth-order valence-electron chi connectivity index (χ4n) is 3.32. The molecule has 0 amide bonds. The molecule has 0 aromatic heterocycles. The van der Waals surface area contributed by atoms with Crippen molar-refractivity contribution in [2.75, 3.05) is 13.2 Å². The molecule has 3 rings (SSSR count). The molecular formula is C17H16Cl2O4S. The maximum absolute atomic E-state index is 13.0. The van der Waals surface area contributed by atoms with E-state index in [4.69, 9.17) is 23.2 Å². The van der Waals surface area contributed by atoms with Crippen LogP contribution in [-0.4, -0.2) is 37.1 Å². The molecule has 0 bridgehead atoms. The summed E-state index contributed by atoms with van der Waals surface area (Å²) in [7, 11) is -3.73. The molecule has 2 atom stereocenters. The summed E-state index contributed by atoms with van der Waals surface area (Å²) in [4.78, 5) is 0.125. The Morgan fingerprint density at radius 3 is 1.79 bits per heavy atom. The van der Waals surface area contributed by atoms with Gasteiger partial charge in [0.15, 0.2) is 9.84 Å².